The second kappa shape index (κ2) is 6.33. The summed E-state index contributed by atoms with van der Waals surface area (Å²) in [6.45, 7) is 12.1. The Morgan fingerprint density at radius 2 is 2.06 bits per heavy atom. The van der Waals surface area contributed by atoms with Gasteiger partial charge in [0.15, 0.2) is 0 Å². The van der Waals surface area contributed by atoms with E-state index in [2.05, 4.69) is 23.5 Å². The quantitative estimate of drug-likeness (QED) is 0.793. The second-order valence-electron chi connectivity index (χ2n) is 4.41. The Morgan fingerprint density at radius 3 is 2.59 bits per heavy atom. The lowest BCUT2D eigenvalue weighted by Crippen LogP contribution is -2.33. The van der Waals surface area contributed by atoms with E-state index in [1.165, 1.54) is 6.42 Å². The lowest BCUT2D eigenvalue weighted by molar-refractivity contribution is 0.741. The van der Waals surface area contributed by atoms with Crippen LogP contribution in [0.25, 0.3) is 12.2 Å². The molecular weight excluding hydrogens is 208 g/mol. The minimum absolute atomic E-state index is 0.955. The summed E-state index contributed by atoms with van der Waals surface area (Å²) in [5.74, 6) is 0.955. The van der Waals surface area contributed by atoms with E-state index in [-0.39, 0.29) is 0 Å². The molecule has 0 amide bonds. The summed E-state index contributed by atoms with van der Waals surface area (Å²) in [6, 6.07) is 0. The van der Waals surface area contributed by atoms with Crippen molar-refractivity contribution < 1.29 is 0 Å². The van der Waals surface area contributed by atoms with Gasteiger partial charge in [0.1, 0.15) is 5.82 Å². The Hall–Kier alpha value is -1.44. The van der Waals surface area contributed by atoms with Crippen molar-refractivity contribution >= 4 is 12.2 Å². The van der Waals surface area contributed by atoms with E-state index < -0.39 is 0 Å². The number of rotatable bonds is 4. The first-order chi connectivity index (χ1) is 8.08. The summed E-state index contributed by atoms with van der Waals surface area (Å²) in [7, 11) is 0. The van der Waals surface area contributed by atoms with Gasteiger partial charge in [-0.25, -0.2) is 9.97 Å². The number of hydrogen-bond acceptors (Lipinski definition) is 2. The topological polar surface area (TPSA) is 25.8 Å². The molecule has 1 rings (SSSR count). The molecule has 17 heavy (non-hydrogen) atoms. The minimum Gasteiger partial charge on any atom is -0.238 e. The van der Waals surface area contributed by atoms with Crippen molar-refractivity contribution in [2.45, 2.75) is 47.0 Å². The highest BCUT2D eigenvalue weighted by Crippen LogP contribution is 1.96. The third kappa shape index (κ3) is 3.81. The van der Waals surface area contributed by atoms with Crippen LogP contribution in [-0.2, 0) is 6.42 Å². The van der Waals surface area contributed by atoms with Gasteiger partial charge >= 0.3 is 0 Å². The van der Waals surface area contributed by atoms with Crippen LogP contribution in [0.3, 0.4) is 0 Å². The van der Waals surface area contributed by atoms with Crippen LogP contribution >= 0.6 is 0 Å². The molecule has 1 aromatic rings. The van der Waals surface area contributed by atoms with Crippen molar-refractivity contribution in [3.63, 3.8) is 0 Å². The highest BCUT2D eigenvalue weighted by Gasteiger charge is 2.00. The largest absolute Gasteiger partial charge is 0.238 e. The Kier molecular flexibility index (Phi) is 5.08. The number of aromatic nitrogens is 2. The van der Waals surface area contributed by atoms with Crippen LogP contribution in [0, 0.1) is 6.92 Å². The summed E-state index contributed by atoms with van der Waals surface area (Å²) in [4.78, 5) is 9.17. The predicted octanol–water partition coefficient (Wildman–Crippen LogP) is 2.28. The number of hydrogen-bond donors (Lipinski definition) is 0. The first kappa shape index (κ1) is 13.6. The van der Waals surface area contributed by atoms with Gasteiger partial charge in [0, 0.05) is 17.3 Å². The van der Waals surface area contributed by atoms with Crippen molar-refractivity contribution in [1.82, 2.24) is 9.97 Å². The molecular formula is C15H22N2. The summed E-state index contributed by atoms with van der Waals surface area (Å²) >= 11 is 0. The predicted molar refractivity (Wildman–Crippen MR) is 74.0 cm³/mol. The molecule has 2 heteroatoms. The first-order valence-corrected chi connectivity index (χ1v) is 6.25. The van der Waals surface area contributed by atoms with E-state index in [0.717, 1.165) is 40.5 Å². The molecule has 0 aliphatic carbocycles. The summed E-state index contributed by atoms with van der Waals surface area (Å²) in [5.41, 5.74) is 2.07. The van der Waals surface area contributed by atoms with Crippen molar-refractivity contribution in [3.8, 4) is 0 Å². The minimum atomic E-state index is 0.955. The molecule has 0 saturated heterocycles. The SMILES string of the molecule is C=C(C)/C=c1/c(C)nc(CCCC)n/c1=C/C. The van der Waals surface area contributed by atoms with Crippen LogP contribution in [0.2, 0.25) is 0 Å². The molecule has 0 aliphatic heterocycles. The lowest BCUT2D eigenvalue weighted by atomic mass is 10.2. The lowest BCUT2D eigenvalue weighted by Gasteiger charge is -2.02. The average molecular weight is 230 g/mol. The molecule has 1 aromatic heterocycles. The maximum atomic E-state index is 4.60. The van der Waals surface area contributed by atoms with Crippen LogP contribution in [0.1, 0.15) is 45.1 Å². The molecule has 0 fully saturated rings. The van der Waals surface area contributed by atoms with Gasteiger partial charge in [0.2, 0.25) is 0 Å². The number of nitrogens with zero attached hydrogens (tertiary/aromatic N) is 2. The van der Waals surface area contributed by atoms with Crippen LogP contribution in [0.4, 0.5) is 0 Å². The van der Waals surface area contributed by atoms with Gasteiger partial charge < -0.3 is 0 Å². The smallest absolute Gasteiger partial charge is 0.129 e. The molecule has 0 aromatic carbocycles. The van der Waals surface area contributed by atoms with Crippen molar-refractivity contribution in [2.24, 2.45) is 0 Å². The monoisotopic (exact) mass is 230 g/mol. The van der Waals surface area contributed by atoms with Crippen LogP contribution < -0.4 is 10.6 Å². The molecule has 2 nitrogen and oxygen atoms in total. The van der Waals surface area contributed by atoms with Gasteiger partial charge in [0.05, 0.1) is 5.35 Å². The molecule has 0 atom stereocenters. The average Bonchev–Trinajstić information content (AvgIpc) is 2.28. The van der Waals surface area contributed by atoms with Gasteiger partial charge in [-0.3, -0.25) is 0 Å². The fourth-order valence-electron chi connectivity index (χ4n) is 1.75. The highest BCUT2D eigenvalue weighted by atomic mass is 14.9. The normalized spacial score (nSPS) is 13.2. The Balaban J connectivity index is 3.32. The van der Waals surface area contributed by atoms with E-state index in [1.54, 1.807) is 0 Å². The Labute approximate surface area is 104 Å². The third-order valence-electron chi connectivity index (χ3n) is 2.63. The molecule has 0 unspecified atom stereocenters. The van der Waals surface area contributed by atoms with Crippen molar-refractivity contribution in [2.75, 3.05) is 0 Å². The van der Waals surface area contributed by atoms with Crippen LogP contribution in [0.15, 0.2) is 12.2 Å². The molecule has 0 N–H and O–H groups in total. The van der Waals surface area contributed by atoms with E-state index >= 15 is 0 Å². The van der Waals surface area contributed by atoms with Gasteiger partial charge in [0.25, 0.3) is 0 Å². The molecule has 0 radical (unpaired) electrons. The highest BCUT2D eigenvalue weighted by molar-refractivity contribution is 5.44. The van der Waals surface area contributed by atoms with Crippen LogP contribution in [-0.4, -0.2) is 9.97 Å². The molecule has 0 bridgehead atoms. The molecule has 0 saturated carbocycles. The number of unbranched alkanes of at least 4 members (excludes halogenated alkanes) is 1. The third-order valence-corrected chi connectivity index (χ3v) is 2.63. The molecule has 0 aliphatic rings. The Morgan fingerprint density at radius 1 is 1.35 bits per heavy atom. The van der Waals surface area contributed by atoms with Gasteiger partial charge in [-0.15, -0.1) is 0 Å². The number of allylic oxidation sites excluding steroid dienone is 1. The molecule has 1 heterocycles. The fraction of sp³-hybridized carbons (Fsp3) is 0.467. The molecule has 0 spiro atoms. The van der Waals surface area contributed by atoms with Gasteiger partial charge in [-0.2, -0.15) is 0 Å². The van der Waals surface area contributed by atoms with E-state index in [9.17, 15) is 0 Å². The number of aryl methyl sites for hydroxylation is 2. The first-order valence-electron chi connectivity index (χ1n) is 6.25. The summed E-state index contributed by atoms with van der Waals surface area (Å²) in [5, 5.41) is 2.12. The summed E-state index contributed by atoms with van der Waals surface area (Å²) < 4.78 is 0. The van der Waals surface area contributed by atoms with E-state index in [4.69, 9.17) is 0 Å². The van der Waals surface area contributed by atoms with Crippen LogP contribution in [0.5, 0.6) is 0 Å². The van der Waals surface area contributed by atoms with E-state index in [0.29, 0.717) is 0 Å². The zero-order valence-corrected chi connectivity index (χ0v) is 11.4. The zero-order valence-electron chi connectivity index (χ0n) is 11.4. The second-order valence-corrected chi connectivity index (χ2v) is 4.41. The van der Waals surface area contributed by atoms with Crippen molar-refractivity contribution in [3.05, 3.63) is 34.2 Å². The maximum absolute atomic E-state index is 4.60. The van der Waals surface area contributed by atoms with Gasteiger partial charge in [-0.1, -0.05) is 31.6 Å². The van der Waals surface area contributed by atoms with Crippen molar-refractivity contribution in [1.29, 1.82) is 0 Å². The standard InChI is InChI=1S/C15H22N2/c1-6-8-9-15-16-12(5)13(10-11(3)4)14(7-2)17-15/h7,10H,3,6,8-9H2,1-2,4-5H3/b13-10-,14-7+. The Bertz CT molecular complexity index is 512. The van der Waals surface area contributed by atoms with Gasteiger partial charge in [-0.05, 0) is 33.3 Å². The summed E-state index contributed by atoms with van der Waals surface area (Å²) in [6.07, 6.45) is 7.37. The van der Waals surface area contributed by atoms with E-state index in [1.807, 2.05) is 32.9 Å². The zero-order chi connectivity index (χ0) is 12.8. The maximum Gasteiger partial charge on any atom is 0.129 e. The fourth-order valence-corrected chi connectivity index (χ4v) is 1.75. The molecule has 92 valence electrons.